The van der Waals surface area contributed by atoms with Gasteiger partial charge in [0.1, 0.15) is 0 Å². The van der Waals surface area contributed by atoms with Gasteiger partial charge in [-0.25, -0.2) is 0 Å². The fourth-order valence-electron chi connectivity index (χ4n) is 5.85. The van der Waals surface area contributed by atoms with Crippen molar-refractivity contribution in [1.82, 2.24) is 0 Å². The van der Waals surface area contributed by atoms with Crippen molar-refractivity contribution in [3.05, 3.63) is 124 Å². The first-order valence-electron chi connectivity index (χ1n) is 19.3. The zero-order valence-corrected chi connectivity index (χ0v) is 33.7. The van der Waals surface area contributed by atoms with Gasteiger partial charge in [-0.15, -0.1) is 0 Å². The molecule has 0 aromatic heterocycles. The highest BCUT2D eigenvalue weighted by atomic mass is 16.2. The van der Waals surface area contributed by atoms with Gasteiger partial charge in [-0.05, 0) is 110 Å². The van der Waals surface area contributed by atoms with E-state index >= 15 is 0 Å². The Morgan fingerprint density at radius 3 is 0.912 bits per heavy atom. The first-order valence-corrected chi connectivity index (χ1v) is 19.3. The minimum atomic E-state index is -0.605. The van der Waals surface area contributed by atoms with E-state index in [0.29, 0.717) is 87.5 Å². The van der Waals surface area contributed by atoms with Gasteiger partial charge in [0.2, 0.25) is 17.7 Å². The average Bonchev–Trinajstić information content (AvgIpc) is 3.15. The van der Waals surface area contributed by atoms with Crippen molar-refractivity contribution in [1.29, 1.82) is 0 Å². The standard InChI is InChI=1S/C48H54N6O3/c1-31(2)22-43(49)46(55)52-40-13-7-10-34(28-40)16-19-37-25-38(20-17-35-11-8-14-41(29-35)53-47(56)44(50)23-32(3)4)27-39(26-37)21-18-36-12-9-15-42(30-36)54-48(57)45(51)24-33(5)6/h7-15,25-33,43-45H,22-24,49-51H2,1-6H3,(H,52,55)(H,53,56)(H,54,57)/t43-,44-,45-/m0/s1. The minimum Gasteiger partial charge on any atom is -0.325 e. The number of nitrogens with one attached hydrogen (secondary N) is 3. The third kappa shape index (κ3) is 15.1. The lowest BCUT2D eigenvalue weighted by molar-refractivity contribution is -0.118. The molecule has 0 aliphatic carbocycles. The topological polar surface area (TPSA) is 165 Å². The van der Waals surface area contributed by atoms with Crippen LogP contribution in [-0.4, -0.2) is 35.8 Å². The van der Waals surface area contributed by atoms with Crippen LogP contribution in [0.5, 0.6) is 0 Å². The molecule has 0 saturated carbocycles. The maximum Gasteiger partial charge on any atom is 0.241 e. The minimum absolute atomic E-state index is 0.242. The Kier molecular flexibility index (Phi) is 16.2. The lowest BCUT2D eigenvalue weighted by atomic mass is 10.0. The lowest BCUT2D eigenvalue weighted by Crippen LogP contribution is -2.36. The van der Waals surface area contributed by atoms with Gasteiger partial charge in [0.05, 0.1) is 18.1 Å². The van der Waals surface area contributed by atoms with Crippen molar-refractivity contribution >= 4 is 34.8 Å². The second-order valence-corrected chi connectivity index (χ2v) is 15.5. The number of nitrogens with two attached hydrogens (primary N) is 3. The van der Waals surface area contributed by atoms with E-state index in [4.69, 9.17) is 17.2 Å². The van der Waals surface area contributed by atoms with Crippen molar-refractivity contribution in [3.63, 3.8) is 0 Å². The van der Waals surface area contributed by atoms with Crippen LogP contribution in [0.2, 0.25) is 0 Å². The van der Waals surface area contributed by atoms with E-state index in [0.717, 1.165) is 0 Å². The van der Waals surface area contributed by atoms with Crippen LogP contribution >= 0.6 is 0 Å². The third-order valence-corrected chi connectivity index (χ3v) is 8.56. The molecule has 9 nitrogen and oxygen atoms in total. The Balaban J connectivity index is 1.65. The molecular weight excluding hydrogens is 709 g/mol. The number of benzene rings is 4. The van der Waals surface area contributed by atoms with Crippen molar-refractivity contribution in [2.45, 2.75) is 78.9 Å². The fraction of sp³-hybridized carbons (Fsp3) is 0.312. The Bertz CT molecular complexity index is 1980. The predicted octanol–water partition coefficient (Wildman–Crippen LogP) is 6.82. The summed E-state index contributed by atoms with van der Waals surface area (Å²) in [7, 11) is 0. The van der Waals surface area contributed by atoms with Crippen molar-refractivity contribution in [2.24, 2.45) is 35.0 Å². The second kappa shape index (κ2) is 21.2. The molecule has 0 aliphatic rings. The molecule has 9 N–H and O–H groups in total. The fourth-order valence-corrected chi connectivity index (χ4v) is 5.85. The molecule has 0 bridgehead atoms. The Morgan fingerprint density at radius 1 is 0.421 bits per heavy atom. The van der Waals surface area contributed by atoms with Crippen molar-refractivity contribution < 1.29 is 14.4 Å². The molecule has 4 rings (SSSR count). The highest BCUT2D eigenvalue weighted by molar-refractivity contribution is 5.96. The van der Waals surface area contributed by atoms with Gasteiger partial charge in [-0.3, -0.25) is 14.4 Å². The maximum atomic E-state index is 12.7. The Hall–Kier alpha value is -6.15. The molecule has 0 fully saturated rings. The summed E-state index contributed by atoms with van der Waals surface area (Å²) in [5, 5.41) is 8.69. The molecule has 57 heavy (non-hydrogen) atoms. The molecule has 0 spiro atoms. The largest absolute Gasteiger partial charge is 0.325 e. The average molecular weight is 763 g/mol. The first kappa shape index (κ1) is 43.6. The number of carbonyl (C=O) groups is 3. The molecule has 3 atom stereocenters. The van der Waals surface area contributed by atoms with E-state index in [1.165, 1.54) is 0 Å². The molecule has 294 valence electrons. The van der Waals surface area contributed by atoms with E-state index in [9.17, 15) is 14.4 Å². The van der Waals surface area contributed by atoms with Crippen LogP contribution in [0.25, 0.3) is 0 Å². The smallest absolute Gasteiger partial charge is 0.241 e. The summed E-state index contributed by atoms with van der Waals surface area (Å²) in [4.78, 5) is 38.0. The van der Waals surface area contributed by atoms with Crippen LogP contribution < -0.4 is 33.2 Å². The predicted molar refractivity (Wildman–Crippen MR) is 232 cm³/mol. The van der Waals surface area contributed by atoms with E-state index in [1.54, 1.807) is 36.4 Å². The van der Waals surface area contributed by atoms with Crippen LogP contribution in [0.1, 0.15) is 94.2 Å². The van der Waals surface area contributed by atoms with Crippen LogP contribution in [0.15, 0.2) is 91.0 Å². The van der Waals surface area contributed by atoms with Crippen molar-refractivity contribution in [2.75, 3.05) is 16.0 Å². The quantitative estimate of drug-likeness (QED) is 0.0867. The maximum absolute atomic E-state index is 12.7. The number of hydrogen-bond donors (Lipinski definition) is 6. The highest BCUT2D eigenvalue weighted by Crippen LogP contribution is 2.16. The van der Waals surface area contributed by atoms with Gasteiger partial charge in [0.25, 0.3) is 0 Å². The first-order chi connectivity index (χ1) is 27.1. The zero-order chi connectivity index (χ0) is 41.5. The molecule has 4 aromatic rings. The van der Waals surface area contributed by atoms with Gasteiger partial charge in [-0.2, -0.15) is 0 Å². The molecule has 9 heteroatoms. The molecular formula is C48H54N6O3. The summed E-state index contributed by atoms with van der Waals surface area (Å²) in [6, 6.07) is 25.7. The van der Waals surface area contributed by atoms with E-state index in [1.807, 2.05) is 96.1 Å². The van der Waals surface area contributed by atoms with Gasteiger partial charge >= 0.3 is 0 Å². The third-order valence-electron chi connectivity index (χ3n) is 8.56. The second-order valence-electron chi connectivity index (χ2n) is 15.5. The summed E-state index contributed by atoms with van der Waals surface area (Å²) < 4.78 is 0. The monoisotopic (exact) mass is 762 g/mol. The van der Waals surface area contributed by atoms with Crippen molar-refractivity contribution in [3.8, 4) is 35.5 Å². The normalized spacial score (nSPS) is 12.2. The molecule has 0 saturated heterocycles. The number of amides is 3. The lowest BCUT2D eigenvalue weighted by Gasteiger charge is -2.14. The molecule has 3 amide bonds. The molecule has 0 unspecified atom stereocenters. The molecule has 0 aliphatic heterocycles. The zero-order valence-electron chi connectivity index (χ0n) is 33.7. The van der Waals surface area contributed by atoms with Gasteiger partial charge in [-0.1, -0.05) is 95.3 Å². The summed E-state index contributed by atoms with van der Waals surface area (Å²) in [6.07, 6.45) is 1.75. The molecule has 0 heterocycles. The van der Waals surface area contributed by atoms with Gasteiger partial charge < -0.3 is 33.2 Å². The molecule has 0 radical (unpaired) electrons. The van der Waals surface area contributed by atoms with Gasteiger partial charge in [0.15, 0.2) is 0 Å². The number of rotatable bonds is 12. The SMILES string of the molecule is CC(C)C[C@H](N)C(=O)Nc1cccc(C#Cc2cc(C#Cc3cccc(NC(=O)[C@@H](N)CC(C)C)c3)cc(C#Cc3cccc(NC(=O)[C@@H](N)CC(C)C)c3)c2)c1. The van der Waals surface area contributed by atoms with Crippen LogP contribution in [0, 0.1) is 53.3 Å². The van der Waals surface area contributed by atoms with E-state index in [2.05, 4.69) is 51.5 Å². The van der Waals surface area contributed by atoms with Crippen LogP contribution in [-0.2, 0) is 14.4 Å². The van der Waals surface area contributed by atoms with E-state index < -0.39 is 18.1 Å². The summed E-state index contributed by atoms with van der Waals surface area (Å²) >= 11 is 0. The Labute approximate surface area is 338 Å². The summed E-state index contributed by atoms with van der Waals surface area (Å²) in [6.45, 7) is 12.2. The molecule has 4 aromatic carbocycles. The number of hydrogen-bond acceptors (Lipinski definition) is 6. The van der Waals surface area contributed by atoms with Crippen LogP contribution in [0.4, 0.5) is 17.1 Å². The highest BCUT2D eigenvalue weighted by Gasteiger charge is 2.17. The van der Waals surface area contributed by atoms with Crippen LogP contribution in [0.3, 0.4) is 0 Å². The number of carbonyl (C=O) groups excluding carboxylic acids is 3. The Morgan fingerprint density at radius 2 is 0.667 bits per heavy atom. The van der Waals surface area contributed by atoms with Gasteiger partial charge in [0, 0.05) is 50.4 Å². The summed E-state index contributed by atoms with van der Waals surface area (Å²) in [5.41, 5.74) is 24.2. The summed E-state index contributed by atoms with van der Waals surface area (Å²) in [5.74, 6) is 19.5. The number of anilines is 3. The van der Waals surface area contributed by atoms with E-state index in [-0.39, 0.29) is 17.7 Å².